The van der Waals surface area contributed by atoms with Gasteiger partial charge in [-0.3, -0.25) is 9.59 Å². The smallest absolute Gasteiger partial charge is 0.303 e. The number of carbonyl (C=O) groups is 2. The number of carboxylic acid groups (broad SMARTS) is 1. The number of carbonyl (C=O) groups excluding carboxylic acids is 1. The van der Waals surface area contributed by atoms with Gasteiger partial charge in [0.1, 0.15) is 0 Å². The Morgan fingerprint density at radius 3 is 2.50 bits per heavy atom. The third kappa shape index (κ3) is 6.78. The molecule has 0 radical (unpaired) electrons. The zero-order valence-corrected chi connectivity index (χ0v) is 12.5. The molecule has 0 saturated heterocycles. The van der Waals surface area contributed by atoms with Crippen molar-refractivity contribution in [1.82, 2.24) is 5.32 Å². The first-order chi connectivity index (χ1) is 9.49. The normalized spacial score (nSPS) is 10.3. The summed E-state index contributed by atoms with van der Waals surface area (Å²) in [7, 11) is 0. The molecule has 2 N–H and O–H groups in total. The number of amides is 1. The van der Waals surface area contributed by atoms with E-state index in [0.717, 1.165) is 5.56 Å². The van der Waals surface area contributed by atoms with Gasteiger partial charge >= 0.3 is 5.97 Å². The summed E-state index contributed by atoms with van der Waals surface area (Å²) in [5.41, 5.74) is 0.959. The lowest BCUT2D eigenvalue weighted by Crippen LogP contribution is -2.24. The average molecular weight is 318 g/mol. The molecule has 0 unspecified atom stereocenters. The van der Waals surface area contributed by atoms with Crippen LogP contribution in [0, 0.1) is 0 Å². The van der Waals surface area contributed by atoms with Crippen LogP contribution in [0.2, 0.25) is 10.0 Å². The fourth-order valence-corrected chi connectivity index (χ4v) is 1.99. The lowest BCUT2D eigenvalue weighted by atomic mass is 10.1. The first-order valence-corrected chi connectivity index (χ1v) is 7.17. The third-order valence-electron chi connectivity index (χ3n) is 2.76. The summed E-state index contributed by atoms with van der Waals surface area (Å²) in [6.07, 6.45) is 2.35. The van der Waals surface area contributed by atoms with Gasteiger partial charge in [0, 0.05) is 19.4 Å². The summed E-state index contributed by atoms with van der Waals surface area (Å²) in [5.74, 6) is -0.859. The summed E-state index contributed by atoms with van der Waals surface area (Å²) in [4.78, 5) is 21.9. The van der Waals surface area contributed by atoms with Gasteiger partial charge in [0.05, 0.1) is 10.0 Å². The Bertz CT molecular complexity index is 477. The van der Waals surface area contributed by atoms with E-state index in [-0.39, 0.29) is 12.3 Å². The summed E-state index contributed by atoms with van der Waals surface area (Å²) in [6.45, 7) is 0.507. The van der Waals surface area contributed by atoms with E-state index in [4.69, 9.17) is 28.3 Å². The summed E-state index contributed by atoms with van der Waals surface area (Å²) >= 11 is 11.7. The molecule has 0 aliphatic heterocycles. The minimum absolute atomic E-state index is 0.0496. The molecule has 0 heterocycles. The second kappa shape index (κ2) is 8.82. The number of hydrogen-bond donors (Lipinski definition) is 2. The van der Waals surface area contributed by atoms with Crippen LogP contribution in [0.4, 0.5) is 0 Å². The second-order valence-corrected chi connectivity index (χ2v) is 5.26. The molecule has 0 spiro atoms. The fourth-order valence-electron chi connectivity index (χ4n) is 1.67. The number of aliphatic carboxylic acids is 1. The molecule has 20 heavy (non-hydrogen) atoms. The number of halogens is 2. The highest BCUT2D eigenvalue weighted by Gasteiger charge is 2.04. The van der Waals surface area contributed by atoms with Crippen LogP contribution in [0.15, 0.2) is 18.2 Å². The van der Waals surface area contributed by atoms with E-state index in [1.807, 2.05) is 6.07 Å². The molecule has 6 heteroatoms. The lowest BCUT2D eigenvalue weighted by molar-refractivity contribution is -0.137. The van der Waals surface area contributed by atoms with E-state index in [0.29, 0.717) is 42.3 Å². The van der Waals surface area contributed by atoms with Crippen LogP contribution in [0.5, 0.6) is 0 Å². The van der Waals surface area contributed by atoms with Gasteiger partial charge in [-0.05, 0) is 37.0 Å². The predicted molar refractivity (Wildman–Crippen MR) is 79.3 cm³/mol. The van der Waals surface area contributed by atoms with Gasteiger partial charge in [-0.1, -0.05) is 29.3 Å². The molecule has 0 saturated carbocycles. The average Bonchev–Trinajstić information content (AvgIpc) is 2.39. The van der Waals surface area contributed by atoms with Crippen molar-refractivity contribution in [2.75, 3.05) is 6.54 Å². The van der Waals surface area contributed by atoms with Crippen molar-refractivity contribution in [2.45, 2.75) is 32.1 Å². The van der Waals surface area contributed by atoms with Crippen molar-refractivity contribution in [1.29, 1.82) is 0 Å². The zero-order chi connectivity index (χ0) is 15.0. The molecular weight excluding hydrogens is 301 g/mol. The molecule has 1 aromatic carbocycles. The second-order valence-electron chi connectivity index (χ2n) is 4.45. The molecule has 0 aliphatic rings. The first kappa shape index (κ1) is 16.8. The van der Waals surface area contributed by atoms with Gasteiger partial charge in [0.15, 0.2) is 0 Å². The van der Waals surface area contributed by atoms with E-state index < -0.39 is 5.97 Å². The largest absolute Gasteiger partial charge is 0.481 e. The van der Waals surface area contributed by atoms with E-state index in [9.17, 15) is 9.59 Å². The van der Waals surface area contributed by atoms with Crippen LogP contribution in [0.25, 0.3) is 0 Å². The zero-order valence-electron chi connectivity index (χ0n) is 11.0. The highest BCUT2D eigenvalue weighted by atomic mass is 35.5. The maximum absolute atomic E-state index is 11.6. The highest BCUT2D eigenvalue weighted by Crippen LogP contribution is 2.23. The Kier molecular flexibility index (Phi) is 7.41. The Morgan fingerprint density at radius 1 is 1.10 bits per heavy atom. The maximum Gasteiger partial charge on any atom is 0.303 e. The van der Waals surface area contributed by atoms with E-state index in [2.05, 4.69) is 5.32 Å². The van der Waals surface area contributed by atoms with Crippen molar-refractivity contribution in [3.8, 4) is 0 Å². The van der Waals surface area contributed by atoms with Crippen molar-refractivity contribution in [3.05, 3.63) is 33.8 Å². The Balaban J connectivity index is 2.19. The SMILES string of the molecule is O=C(O)CCCCNC(=O)CCc1ccc(Cl)c(Cl)c1. The van der Waals surface area contributed by atoms with Gasteiger partial charge in [-0.2, -0.15) is 0 Å². The van der Waals surface area contributed by atoms with Crippen molar-refractivity contribution in [3.63, 3.8) is 0 Å². The van der Waals surface area contributed by atoms with Crippen LogP contribution >= 0.6 is 23.2 Å². The molecule has 0 bridgehead atoms. The summed E-state index contributed by atoms with van der Waals surface area (Å²) in [6, 6.07) is 5.31. The molecule has 1 rings (SSSR count). The quantitative estimate of drug-likeness (QED) is 0.723. The minimum Gasteiger partial charge on any atom is -0.481 e. The Hall–Kier alpha value is -1.26. The van der Waals surface area contributed by atoms with Crippen LogP contribution in [0.1, 0.15) is 31.2 Å². The number of carboxylic acids is 1. The number of nitrogens with one attached hydrogen (secondary N) is 1. The Labute approximate surface area is 128 Å². The lowest BCUT2D eigenvalue weighted by Gasteiger charge is -2.05. The standard InChI is InChI=1S/C14H17Cl2NO3/c15-11-6-4-10(9-12(11)16)5-7-13(18)17-8-2-1-3-14(19)20/h4,6,9H,1-3,5,7-8H2,(H,17,18)(H,19,20). The molecule has 4 nitrogen and oxygen atoms in total. The molecule has 0 atom stereocenters. The minimum atomic E-state index is -0.809. The number of hydrogen-bond acceptors (Lipinski definition) is 2. The van der Waals surface area contributed by atoms with Gasteiger partial charge in [0.2, 0.25) is 5.91 Å². The van der Waals surface area contributed by atoms with E-state index in [1.54, 1.807) is 12.1 Å². The van der Waals surface area contributed by atoms with Gasteiger partial charge in [-0.15, -0.1) is 0 Å². The fraction of sp³-hybridized carbons (Fsp3) is 0.429. The van der Waals surface area contributed by atoms with Gasteiger partial charge < -0.3 is 10.4 Å². The monoisotopic (exact) mass is 317 g/mol. The topological polar surface area (TPSA) is 66.4 Å². The number of aryl methyl sites for hydroxylation is 1. The molecule has 0 aromatic heterocycles. The molecule has 1 aromatic rings. The van der Waals surface area contributed by atoms with Crippen molar-refractivity contribution >= 4 is 35.1 Å². The molecular formula is C14H17Cl2NO3. The third-order valence-corrected chi connectivity index (χ3v) is 3.50. The Morgan fingerprint density at radius 2 is 1.85 bits per heavy atom. The number of unbranched alkanes of at least 4 members (excludes halogenated alkanes) is 1. The van der Waals surface area contributed by atoms with Crippen LogP contribution in [-0.2, 0) is 16.0 Å². The van der Waals surface area contributed by atoms with E-state index in [1.165, 1.54) is 0 Å². The molecule has 110 valence electrons. The molecule has 0 aliphatic carbocycles. The van der Waals surface area contributed by atoms with Gasteiger partial charge in [-0.25, -0.2) is 0 Å². The maximum atomic E-state index is 11.6. The van der Waals surface area contributed by atoms with Gasteiger partial charge in [0.25, 0.3) is 0 Å². The van der Waals surface area contributed by atoms with Crippen LogP contribution in [0.3, 0.4) is 0 Å². The number of benzene rings is 1. The molecule has 0 fully saturated rings. The first-order valence-electron chi connectivity index (χ1n) is 6.41. The van der Waals surface area contributed by atoms with Crippen molar-refractivity contribution < 1.29 is 14.7 Å². The van der Waals surface area contributed by atoms with Crippen molar-refractivity contribution in [2.24, 2.45) is 0 Å². The molecule has 1 amide bonds. The van der Waals surface area contributed by atoms with Crippen LogP contribution < -0.4 is 5.32 Å². The predicted octanol–water partition coefficient (Wildman–Crippen LogP) is 3.30. The number of rotatable bonds is 8. The summed E-state index contributed by atoms with van der Waals surface area (Å²) < 4.78 is 0. The summed E-state index contributed by atoms with van der Waals surface area (Å²) in [5, 5.41) is 12.2. The van der Waals surface area contributed by atoms with E-state index >= 15 is 0 Å². The van der Waals surface area contributed by atoms with Crippen LogP contribution in [-0.4, -0.2) is 23.5 Å². The highest BCUT2D eigenvalue weighted by molar-refractivity contribution is 6.42.